The van der Waals surface area contributed by atoms with E-state index in [0.717, 1.165) is 11.3 Å². The minimum Gasteiger partial charge on any atom is -0.450 e. The smallest absolute Gasteiger partial charge is 0.409 e. The summed E-state index contributed by atoms with van der Waals surface area (Å²) >= 11 is 1.30. The van der Waals surface area contributed by atoms with Gasteiger partial charge in [-0.1, -0.05) is 29.5 Å². The minimum atomic E-state index is -0.323. The number of nitrogens with zero attached hydrogens (tertiary/aromatic N) is 6. The molecule has 0 N–H and O–H groups in total. The Kier molecular flexibility index (Phi) is 6.28. The van der Waals surface area contributed by atoms with E-state index in [0.29, 0.717) is 37.9 Å². The molecule has 0 radical (unpaired) electrons. The quantitative estimate of drug-likeness (QED) is 0.712. The van der Waals surface area contributed by atoms with Crippen molar-refractivity contribution in [2.24, 2.45) is 0 Å². The largest absolute Gasteiger partial charge is 0.450 e. The van der Waals surface area contributed by atoms with Crippen LogP contribution in [0.2, 0.25) is 0 Å². The summed E-state index contributed by atoms with van der Waals surface area (Å²) in [6.07, 6.45) is -0.323. The lowest BCUT2D eigenvalue weighted by Crippen LogP contribution is -2.51. The summed E-state index contributed by atoms with van der Waals surface area (Å²) in [5.41, 5.74) is 2.00. The first kappa shape index (κ1) is 19.2. The number of aromatic nitrogens is 4. The van der Waals surface area contributed by atoms with E-state index in [9.17, 15) is 9.59 Å². The first-order valence-electron chi connectivity index (χ1n) is 8.76. The Hall–Kier alpha value is -2.62. The first-order chi connectivity index (χ1) is 13.1. The van der Waals surface area contributed by atoms with E-state index in [1.165, 1.54) is 11.8 Å². The molecule has 2 heterocycles. The highest BCUT2D eigenvalue weighted by atomic mass is 32.2. The number of amides is 2. The number of carbonyl (C=O) groups excluding carboxylic acids is 2. The molecule has 1 aliphatic rings. The van der Waals surface area contributed by atoms with Crippen LogP contribution in [0.1, 0.15) is 12.5 Å². The average molecular weight is 390 g/mol. The van der Waals surface area contributed by atoms with Crippen molar-refractivity contribution in [3.8, 4) is 5.69 Å². The summed E-state index contributed by atoms with van der Waals surface area (Å²) in [6.45, 7) is 6.11. The molecule has 9 nitrogen and oxygen atoms in total. The predicted octanol–water partition coefficient (Wildman–Crippen LogP) is 1.36. The van der Waals surface area contributed by atoms with E-state index < -0.39 is 0 Å². The van der Waals surface area contributed by atoms with Gasteiger partial charge in [0.2, 0.25) is 11.1 Å². The van der Waals surface area contributed by atoms with Crippen LogP contribution in [-0.4, -0.2) is 80.5 Å². The lowest BCUT2D eigenvalue weighted by molar-refractivity contribution is -0.129. The van der Waals surface area contributed by atoms with Crippen LogP contribution in [0.5, 0.6) is 0 Å². The fourth-order valence-electron chi connectivity index (χ4n) is 2.69. The maximum atomic E-state index is 12.5. The third-order valence-electron chi connectivity index (χ3n) is 4.20. The van der Waals surface area contributed by atoms with Gasteiger partial charge in [0.25, 0.3) is 0 Å². The molecule has 0 atom stereocenters. The molecule has 1 aliphatic heterocycles. The Bertz CT molecular complexity index is 786. The van der Waals surface area contributed by atoms with Gasteiger partial charge in [-0.25, -0.2) is 4.79 Å². The topological polar surface area (TPSA) is 93.4 Å². The summed E-state index contributed by atoms with van der Waals surface area (Å²) < 4.78 is 6.61. The number of aryl methyl sites for hydroxylation is 1. The van der Waals surface area contributed by atoms with Crippen LogP contribution in [0.25, 0.3) is 5.69 Å². The molecule has 1 saturated heterocycles. The van der Waals surface area contributed by atoms with Gasteiger partial charge in [0.05, 0.1) is 18.0 Å². The van der Waals surface area contributed by atoms with E-state index in [1.54, 1.807) is 21.4 Å². The van der Waals surface area contributed by atoms with E-state index in [-0.39, 0.29) is 17.8 Å². The molecule has 0 unspecified atom stereocenters. The van der Waals surface area contributed by atoms with Crippen LogP contribution in [0.4, 0.5) is 4.79 Å². The highest BCUT2D eigenvalue weighted by molar-refractivity contribution is 7.99. The van der Waals surface area contributed by atoms with Gasteiger partial charge in [-0.3, -0.25) is 4.79 Å². The normalized spacial score (nSPS) is 14.3. The zero-order valence-corrected chi connectivity index (χ0v) is 16.2. The molecule has 2 amide bonds. The van der Waals surface area contributed by atoms with Gasteiger partial charge in [-0.2, -0.15) is 4.68 Å². The monoisotopic (exact) mass is 390 g/mol. The fourth-order valence-corrected chi connectivity index (χ4v) is 3.48. The van der Waals surface area contributed by atoms with E-state index in [2.05, 4.69) is 15.5 Å². The number of tetrazole rings is 1. The standard InChI is InChI=1S/C17H22N6O3S/c1-3-26-17(25)22-10-8-21(9-11-22)15(24)12-27-16-18-19-20-23(16)14-6-4-13(2)5-7-14/h4-7H,3,8-12H2,1-2H3. The zero-order valence-electron chi connectivity index (χ0n) is 15.4. The minimum absolute atomic E-state index is 0.00182. The molecule has 3 rings (SSSR count). The van der Waals surface area contributed by atoms with Crippen molar-refractivity contribution in [2.45, 2.75) is 19.0 Å². The molecular formula is C17H22N6O3S. The maximum Gasteiger partial charge on any atom is 0.409 e. The van der Waals surface area contributed by atoms with Crippen LogP contribution >= 0.6 is 11.8 Å². The second-order valence-electron chi connectivity index (χ2n) is 6.06. The molecule has 0 spiro atoms. The number of rotatable bonds is 5. The summed E-state index contributed by atoms with van der Waals surface area (Å²) in [5, 5.41) is 12.3. The molecule has 1 aromatic carbocycles. The van der Waals surface area contributed by atoms with Gasteiger partial charge in [0, 0.05) is 26.2 Å². The highest BCUT2D eigenvalue weighted by Gasteiger charge is 2.25. The van der Waals surface area contributed by atoms with Crippen molar-refractivity contribution >= 4 is 23.8 Å². The zero-order chi connectivity index (χ0) is 19.2. The highest BCUT2D eigenvalue weighted by Crippen LogP contribution is 2.19. The van der Waals surface area contributed by atoms with Crippen LogP contribution in [-0.2, 0) is 9.53 Å². The number of hydrogen-bond donors (Lipinski definition) is 0. The Balaban J connectivity index is 1.53. The Labute approximate surface area is 161 Å². The third kappa shape index (κ3) is 4.76. The molecule has 1 aromatic heterocycles. The predicted molar refractivity (Wildman–Crippen MR) is 99.8 cm³/mol. The van der Waals surface area contributed by atoms with Crippen LogP contribution < -0.4 is 0 Å². The Morgan fingerprint density at radius 3 is 2.44 bits per heavy atom. The molecule has 144 valence electrons. The summed E-state index contributed by atoms with van der Waals surface area (Å²) in [6, 6.07) is 7.84. The molecule has 0 bridgehead atoms. The van der Waals surface area contributed by atoms with Gasteiger partial charge in [-0.05, 0) is 36.4 Å². The number of carbonyl (C=O) groups is 2. The lowest BCUT2D eigenvalue weighted by Gasteiger charge is -2.33. The van der Waals surface area contributed by atoms with Crippen molar-refractivity contribution in [1.29, 1.82) is 0 Å². The molecule has 10 heteroatoms. The Morgan fingerprint density at radius 1 is 1.11 bits per heavy atom. The van der Waals surface area contributed by atoms with E-state index in [1.807, 2.05) is 31.2 Å². The van der Waals surface area contributed by atoms with Crippen molar-refractivity contribution in [3.05, 3.63) is 29.8 Å². The number of thioether (sulfide) groups is 1. The summed E-state index contributed by atoms with van der Waals surface area (Å²) in [4.78, 5) is 27.6. The van der Waals surface area contributed by atoms with Gasteiger partial charge in [-0.15, -0.1) is 5.10 Å². The number of piperazine rings is 1. The molecule has 27 heavy (non-hydrogen) atoms. The van der Waals surface area contributed by atoms with Gasteiger partial charge in [0.15, 0.2) is 0 Å². The van der Waals surface area contributed by atoms with Gasteiger partial charge in [0.1, 0.15) is 0 Å². The van der Waals surface area contributed by atoms with Crippen molar-refractivity contribution in [1.82, 2.24) is 30.0 Å². The third-order valence-corrected chi connectivity index (χ3v) is 5.11. The fraction of sp³-hybridized carbons (Fsp3) is 0.471. The first-order valence-corrected chi connectivity index (χ1v) is 9.74. The van der Waals surface area contributed by atoms with Crippen molar-refractivity contribution in [2.75, 3.05) is 38.5 Å². The molecule has 0 saturated carbocycles. The summed E-state index contributed by atoms with van der Waals surface area (Å²) in [7, 11) is 0. The average Bonchev–Trinajstić information content (AvgIpc) is 3.15. The molecule has 0 aliphatic carbocycles. The summed E-state index contributed by atoms with van der Waals surface area (Å²) in [5.74, 6) is 0.244. The van der Waals surface area contributed by atoms with Crippen LogP contribution in [0.3, 0.4) is 0 Å². The van der Waals surface area contributed by atoms with Crippen molar-refractivity contribution < 1.29 is 14.3 Å². The van der Waals surface area contributed by atoms with E-state index >= 15 is 0 Å². The van der Waals surface area contributed by atoms with Crippen LogP contribution in [0, 0.1) is 6.92 Å². The number of hydrogen-bond acceptors (Lipinski definition) is 7. The number of ether oxygens (including phenoxy) is 1. The second kappa shape index (κ2) is 8.85. The number of benzene rings is 1. The SMILES string of the molecule is CCOC(=O)N1CCN(C(=O)CSc2nnnn2-c2ccc(C)cc2)CC1. The van der Waals surface area contributed by atoms with Gasteiger partial charge < -0.3 is 14.5 Å². The molecular weight excluding hydrogens is 368 g/mol. The van der Waals surface area contributed by atoms with Crippen molar-refractivity contribution in [3.63, 3.8) is 0 Å². The van der Waals surface area contributed by atoms with Crippen LogP contribution in [0.15, 0.2) is 29.4 Å². The molecule has 1 fully saturated rings. The second-order valence-corrected chi connectivity index (χ2v) is 7.01. The van der Waals surface area contributed by atoms with Gasteiger partial charge >= 0.3 is 6.09 Å². The maximum absolute atomic E-state index is 12.5. The molecule has 2 aromatic rings. The van der Waals surface area contributed by atoms with E-state index in [4.69, 9.17) is 4.74 Å². The Morgan fingerprint density at radius 2 is 1.78 bits per heavy atom. The lowest BCUT2D eigenvalue weighted by atomic mass is 10.2.